The summed E-state index contributed by atoms with van der Waals surface area (Å²) < 4.78 is 29.6. The van der Waals surface area contributed by atoms with Crippen molar-refractivity contribution in [1.29, 1.82) is 0 Å². The van der Waals surface area contributed by atoms with Gasteiger partial charge in [0.15, 0.2) is 11.5 Å². The first-order valence-electron chi connectivity index (χ1n) is 9.31. The van der Waals surface area contributed by atoms with Crippen molar-refractivity contribution in [3.63, 3.8) is 0 Å². The Kier molecular flexibility index (Phi) is 7.02. The Labute approximate surface area is 168 Å². The number of aliphatic imine (C=N–C) groups is 1. The van der Waals surface area contributed by atoms with Gasteiger partial charge in [0.1, 0.15) is 5.82 Å². The monoisotopic (exact) mass is 401 g/mol. The largest absolute Gasteiger partial charge is 0.493 e. The Morgan fingerprint density at radius 1 is 1.21 bits per heavy atom. The van der Waals surface area contributed by atoms with Crippen LogP contribution in [0.4, 0.5) is 10.1 Å². The molecular weight excluding hydrogens is 377 g/mol. The molecule has 0 aromatic heterocycles. The van der Waals surface area contributed by atoms with E-state index in [4.69, 9.17) is 14.2 Å². The standard InChI is InChI=1S/C21H24FN3O4/c1-27-18-9-8-16(12-19(18)28-2)24-21(23-13-17-7-4-10-29-17)25-20(26)14-5-3-6-15(22)11-14/h3,5-6,8-9,11-12,17H,4,7,10,13H2,1-2H3,(H2,23,24,25,26). The van der Waals surface area contributed by atoms with Gasteiger partial charge in [-0.15, -0.1) is 0 Å². The summed E-state index contributed by atoms with van der Waals surface area (Å²) in [6, 6.07) is 10.7. The van der Waals surface area contributed by atoms with Crippen molar-refractivity contribution in [3.05, 3.63) is 53.8 Å². The third kappa shape index (κ3) is 5.68. The lowest BCUT2D eigenvalue weighted by molar-refractivity contribution is 0.0975. The zero-order valence-electron chi connectivity index (χ0n) is 16.4. The van der Waals surface area contributed by atoms with Crippen molar-refractivity contribution >= 4 is 17.6 Å². The van der Waals surface area contributed by atoms with E-state index < -0.39 is 11.7 Å². The van der Waals surface area contributed by atoms with Gasteiger partial charge in [0.05, 0.1) is 26.9 Å². The SMILES string of the molecule is COc1ccc(NC(=NCC2CCCO2)NC(=O)c2cccc(F)c2)cc1OC. The predicted molar refractivity (Wildman–Crippen MR) is 108 cm³/mol. The molecular formula is C21H24FN3O4. The lowest BCUT2D eigenvalue weighted by Gasteiger charge is -2.15. The maximum atomic E-state index is 13.5. The van der Waals surface area contributed by atoms with Gasteiger partial charge in [-0.3, -0.25) is 10.1 Å². The summed E-state index contributed by atoms with van der Waals surface area (Å²) in [5, 5.41) is 5.78. The molecule has 1 aliphatic heterocycles. The minimum absolute atomic E-state index is 0.0169. The molecule has 0 bridgehead atoms. The van der Waals surface area contributed by atoms with Crippen LogP contribution >= 0.6 is 0 Å². The van der Waals surface area contributed by atoms with Crippen LogP contribution in [0.25, 0.3) is 0 Å². The number of rotatable bonds is 6. The van der Waals surface area contributed by atoms with Crippen molar-refractivity contribution in [3.8, 4) is 11.5 Å². The second kappa shape index (κ2) is 9.88. The van der Waals surface area contributed by atoms with E-state index in [2.05, 4.69) is 15.6 Å². The second-order valence-corrected chi connectivity index (χ2v) is 6.48. The highest BCUT2D eigenvalue weighted by molar-refractivity contribution is 6.10. The number of methoxy groups -OCH3 is 2. The average molecular weight is 401 g/mol. The molecule has 0 saturated carbocycles. The Bertz CT molecular complexity index is 882. The predicted octanol–water partition coefficient (Wildman–Crippen LogP) is 3.22. The number of nitrogens with zero attached hydrogens (tertiary/aromatic N) is 1. The normalized spacial score (nSPS) is 16.4. The van der Waals surface area contributed by atoms with Crippen molar-refractivity contribution in [1.82, 2.24) is 5.32 Å². The Morgan fingerprint density at radius 3 is 2.72 bits per heavy atom. The molecule has 3 rings (SSSR count). The Morgan fingerprint density at radius 2 is 2.03 bits per heavy atom. The van der Waals surface area contributed by atoms with E-state index in [0.29, 0.717) is 30.3 Å². The van der Waals surface area contributed by atoms with Crippen LogP contribution in [0.1, 0.15) is 23.2 Å². The number of carbonyl (C=O) groups excluding carboxylic acids is 1. The van der Waals surface area contributed by atoms with Crippen LogP contribution in [0.3, 0.4) is 0 Å². The van der Waals surface area contributed by atoms with E-state index in [0.717, 1.165) is 12.8 Å². The van der Waals surface area contributed by atoms with Gasteiger partial charge >= 0.3 is 0 Å². The topological polar surface area (TPSA) is 81.2 Å². The molecule has 1 fully saturated rings. The first kappa shape index (κ1) is 20.6. The van der Waals surface area contributed by atoms with Gasteiger partial charge in [0.25, 0.3) is 5.91 Å². The van der Waals surface area contributed by atoms with Crippen LogP contribution < -0.4 is 20.1 Å². The number of carbonyl (C=O) groups is 1. The fourth-order valence-electron chi connectivity index (χ4n) is 2.95. The van der Waals surface area contributed by atoms with Crippen LogP contribution in [-0.4, -0.2) is 45.3 Å². The highest BCUT2D eigenvalue weighted by Crippen LogP contribution is 2.29. The number of amides is 1. The van der Waals surface area contributed by atoms with E-state index in [9.17, 15) is 9.18 Å². The first-order valence-corrected chi connectivity index (χ1v) is 9.31. The number of guanidine groups is 1. The van der Waals surface area contributed by atoms with Crippen molar-refractivity contribution in [2.24, 2.45) is 4.99 Å². The van der Waals surface area contributed by atoms with Crippen molar-refractivity contribution < 1.29 is 23.4 Å². The van der Waals surface area contributed by atoms with Gasteiger partial charge in [-0.2, -0.15) is 0 Å². The molecule has 1 atom stereocenters. The van der Waals surface area contributed by atoms with Gasteiger partial charge in [0, 0.05) is 23.9 Å². The minimum Gasteiger partial charge on any atom is -0.493 e. The number of anilines is 1. The average Bonchev–Trinajstić information content (AvgIpc) is 3.25. The Hall–Kier alpha value is -3.13. The molecule has 8 heteroatoms. The molecule has 1 heterocycles. The molecule has 0 radical (unpaired) electrons. The summed E-state index contributed by atoms with van der Waals surface area (Å²) in [7, 11) is 3.10. The second-order valence-electron chi connectivity index (χ2n) is 6.48. The molecule has 1 amide bonds. The van der Waals surface area contributed by atoms with Gasteiger partial charge in [0.2, 0.25) is 5.96 Å². The fraction of sp³-hybridized carbons (Fsp3) is 0.333. The molecule has 7 nitrogen and oxygen atoms in total. The molecule has 2 aromatic carbocycles. The summed E-state index contributed by atoms with van der Waals surface area (Å²) in [6.45, 7) is 1.12. The maximum absolute atomic E-state index is 13.5. The number of hydrogen-bond acceptors (Lipinski definition) is 5. The zero-order valence-corrected chi connectivity index (χ0v) is 16.4. The molecule has 29 heavy (non-hydrogen) atoms. The maximum Gasteiger partial charge on any atom is 0.258 e. The lowest BCUT2D eigenvalue weighted by Crippen LogP contribution is -2.36. The smallest absolute Gasteiger partial charge is 0.258 e. The third-order valence-electron chi connectivity index (χ3n) is 4.44. The minimum atomic E-state index is -0.483. The third-order valence-corrected chi connectivity index (χ3v) is 4.44. The molecule has 2 N–H and O–H groups in total. The van der Waals surface area contributed by atoms with Gasteiger partial charge < -0.3 is 19.5 Å². The highest BCUT2D eigenvalue weighted by Gasteiger charge is 2.16. The fourth-order valence-corrected chi connectivity index (χ4v) is 2.95. The van der Waals surface area contributed by atoms with E-state index in [1.54, 1.807) is 32.4 Å². The van der Waals surface area contributed by atoms with E-state index in [-0.39, 0.29) is 17.6 Å². The number of halogens is 1. The quantitative estimate of drug-likeness (QED) is 0.574. The summed E-state index contributed by atoms with van der Waals surface area (Å²) >= 11 is 0. The van der Waals surface area contributed by atoms with E-state index in [1.165, 1.54) is 24.3 Å². The highest BCUT2D eigenvalue weighted by atomic mass is 19.1. The number of benzene rings is 2. The Balaban J connectivity index is 1.78. The van der Waals surface area contributed by atoms with Crippen LogP contribution in [0.2, 0.25) is 0 Å². The van der Waals surface area contributed by atoms with Crippen molar-refractivity contribution in [2.45, 2.75) is 18.9 Å². The first-order chi connectivity index (χ1) is 14.1. The van der Waals surface area contributed by atoms with E-state index >= 15 is 0 Å². The summed E-state index contributed by atoms with van der Waals surface area (Å²) in [5.74, 6) is 0.404. The van der Waals surface area contributed by atoms with Gasteiger partial charge in [-0.05, 0) is 43.2 Å². The zero-order chi connectivity index (χ0) is 20.6. The van der Waals surface area contributed by atoms with Gasteiger partial charge in [-0.25, -0.2) is 9.38 Å². The molecule has 1 saturated heterocycles. The van der Waals surface area contributed by atoms with Crippen LogP contribution in [0.15, 0.2) is 47.5 Å². The van der Waals surface area contributed by atoms with Crippen LogP contribution in [-0.2, 0) is 4.74 Å². The van der Waals surface area contributed by atoms with Crippen LogP contribution in [0, 0.1) is 5.82 Å². The molecule has 1 aliphatic rings. The van der Waals surface area contributed by atoms with E-state index in [1.807, 2.05) is 0 Å². The lowest BCUT2D eigenvalue weighted by atomic mass is 10.2. The number of nitrogens with one attached hydrogen (secondary N) is 2. The molecule has 154 valence electrons. The molecule has 2 aromatic rings. The van der Waals surface area contributed by atoms with Crippen molar-refractivity contribution in [2.75, 3.05) is 32.7 Å². The molecule has 0 spiro atoms. The molecule has 1 unspecified atom stereocenters. The summed E-state index contributed by atoms with van der Waals surface area (Å²) in [4.78, 5) is 17.0. The van der Waals surface area contributed by atoms with Gasteiger partial charge in [-0.1, -0.05) is 6.07 Å². The summed E-state index contributed by atoms with van der Waals surface area (Å²) in [5.41, 5.74) is 0.845. The summed E-state index contributed by atoms with van der Waals surface area (Å²) in [6.07, 6.45) is 1.93. The molecule has 0 aliphatic carbocycles. The van der Waals surface area contributed by atoms with Crippen LogP contribution in [0.5, 0.6) is 11.5 Å². The number of ether oxygens (including phenoxy) is 3. The number of hydrogen-bond donors (Lipinski definition) is 2.